The average molecular weight is 435 g/mol. The molecular formula is C19H18INO3. The van der Waals surface area contributed by atoms with Gasteiger partial charge in [-0.15, -0.1) is 0 Å². The first-order valence-electron chi connectivity index (χ1n) is 8.18. The number of rotatable bonds is 2. The number of hydrogen-bond donors (Lipinski definition) is 0. The van der Waals surface area contributed by atoms with Crippen molar-refractivity contribution in [2.75, 3.05) is 19.8 Å². The number of hydrogen-bond acceptors (Lipinski definition) is 3. The average Bonchev–Trinajstić information content (AvgIpc) is 3.11. The molecule has 24 heavy (non-hydrogen) atoms. The first kappa shape index (κ1) is 15.7. The van der Waals surface area contributed by atoms with E-state index in [1.54, 1.807) is 0 Å². The fraction of sp³-hybridized carbons (Fsp3) is 0.316. The summed E-state index contributed by atoms with van der Waals surface area (Å²) in [6.07, 6.45) is 2.00. The third kappa shape index (κ3) is 2.97. The molecule has 0 bridgehead atoms. The van der Waals surface area contributed by atoms with Crippen LogP contribution in [0, 0.1) is 3.57 Å². The van der Waals surface area contributed by atoms with E-state index < -0.39 is 0 Å². The van der Waals surface area contributed by atoms with Gasteiger partial charge in [0.15, 0.2) is 11.5 Å². The minimum Gasteiger partial charge on any atom is -0.486 e. The molecule has 0 N–H and O–H groups in total. The summed E-state index contributed by atoms with van der Waals surface area (Å²) in [6, 6.07) is 13.9. The molecule has 124 valence electrons. The molecule has 0 radical (unpaired) electrons. The van der Waals surface area contributed by atoms with Crippen molar-refractivity contribution in [3.05, 3.63) is 57.2 Å². The summed E-state index contributed by atoms with van der Waals surface area (Å²) in [5.41, 5.74) is 1.87. The molecule has 4 rings (SSSR count). The number of nitrogens with zero attached hydrogens (tertiary/aromatic N) is 1. The third-order valence-electron chi connectivity index (χ3n) is 4.56. The van der Waals surface area contributed by atoms with Crippen LogP contribution in [-0.2, 0) is 0 Å². The summed E-state index contributed by atoms with van der Waals surface area (Å²) in [4.78, 5) is 14.9. The highest BCUT2D eigenvalue weighted by Gasteiger charge is 2.31. The van der Waals surface area contributed by atoms with Gasteiger partial charge >= 0.3 is 0 Å². The molecule has 2 aliphatic heterocycles. The second-order valence-electron chi connectivity index (χ2n) is 6.07. The smallest absolute Gasteiger partial charge is 0.254 e. The molecule has 0 saturated carbocycles. The Morgan fingerprint density at radius 2 is 1.79 bits per heavy atom. The van der Waals surface area contributed by atoms with E-state index in [-0.39, 0.29) is 11.9 Å². The lowest BCUT2D eigenvalue weighted by molar-refractivity contribution is 0.0735. The highest BCUT2D eigenvalue weighted by atomic mass is 127. The van der Waals surface area contributed by atoms with Gasteiger partial charge in [-0.3, -0.25) is 4.79 Å². The molecule has 2 aromatic carbocycles. The number of carbonyl (C=O) groups excluding carboxylic acids is 1. The van der Waals surface area contributed by atoms with Crippen molar-refractivity contribution in [3.8, 4) is 11.5 Å². The van der Waals surface area contributed by atoms with Crippen molar-refractivity contribution in [1.82, 2.24) is 4.90 Å². The number of halogens is 1. The molecule has 0 aromatic heterocycles. The molecule has 4 nitrogen and oxygen atoms in total. The molecule has 1 fully saturated rings. The van der Waals surface area contributed by atoms with Crippen LogP contribution in [0.4, 0.5) is 0 Å². The Hall–Kier alpha value is -1.76. The highest BCUT2D eigenvalue weighted by molar-refractivity contribution is 14.1. The first-order chi connectivity index (χ1) is 11.7. The van der Waals surface area contributed by atoms with E-state index in [0.29, 0.717) is 13.2 Å². The Morgan fingerprint density at radius 1 is 1.04 bits per heavy atom. The van der Waals surface area contributed by atoms with Gasteiger partial charge in [0.25, 0.3) is 5.91 Å². The predicted octanol–water partition coefficient (Wildman–Crippen LogP) is 4.04. The van der Waals surface area contributed by atoms with Crippen LogP contribution < -0.4 is 9.47 Å². The molecule has 2 aliphatic rings. The molecule has 0 spiro atoms. The van der Waals surface area contributed by atoms with Gasteiger partial charge in [-0.25, -0.2) is 0 Å². The Labute approximate surface area is 154 Å². The molecule has 1 amide bonds. The molecule has 5 heteroatoms. The van der Waals surface area contributed by atoms with Gasteiger partial charge in [-0.2, -0.15) is 0 Å². The van der Waals surface area contributed by atoms with Crippen LogP contribution in [0.2, 0.25) is 0 Å². The summed E-state index contributed by atoms with van der Waals surface area (Å²) in [7, 11) is 0. The van der Waals surface area contributed by atoms with E-state index in [0.717, 1.165) is 45.6 Å². The summed E-state index contributed by atoms with van der Waals surface area (Å²) in [6.45, 7) is 1.96. The number of likely N-dealkylation sites (tertiary alicyclic amines) is 1. The quantitative estimate of drug-likeness (QED) is 0.669. The second kappa shape index (κ2) is 6.63. The number of ether oxygens (including phenoxy) is 2. The van der Waals surface area contributed by atoms with E-state index >= 15 is 0 Å². The maximum Gasteiger partial charge on any atom is 0.254 e. The topological polar surface area (TPSA) is 38.8 Å². The second-order valence-corrected chi connectivity index (χ2v) is 7.31. The minimum atomic E-state index is 0.101. The number of carbonyl (C=O) groups is 1. The van der Waals surface area contributed by atoms with E-state index in [1.165, 1.54) is 0 Å². The van der Waals surface area contributed by atoms with E-state index in [1.807, 2.05) is 41.3 Å². The molecule has 2 heterocycles. The summed E-state index contributed by atoms with van der Waals surface area (Å²) in [5.74, 6) is 1.68. The fourth-order valence-electron chi connectivity index (χ4n) is 3.38. The fourth-order valence-corrected chi connectivity index (χ4v) is 3.74. The number of amides is 1. The van der Waals surface area contributed by atoms with Crippen molar-refractivity contribution in [2.24, 2.45) is 0 Å². The van der Waals surface area contributed by atoms with E-state index in [4.69, 9.17) is 9.47 Å². The lowest BCUT2D eigenvalue weighted by Gasteiger charge is -2.27. The van der Waals surface area contributed by atoms with Gasteiger partial charge in [0, 0.05) is 15.7 Å². The zero-order chi connectivity index (χ0) is 16.5. The number of benzene rings is 2. The summed E-state index contributed by atoms with van der Waals surface area (Å²) < 4.78 is 12.4. The molecule has 1 saturated heterocycles. The minimum absolute atomic E-state index is 0.101. The Bertz CT molecular complexity index is 760. The van der Waals surface area contributed by atoms with Crippen LogP contribution in [0.5, 0.6) is 11.5 Å². The SMILES string of the molecule is O=C(c1ccc(I)cc1)N1CCC[C@@H]1c1ccc2c(c1)OCCO2. The lowest BCUT2D eigenvalue weighted by Crippen LogP contribution is -2.30. The zero-order valence-corrected chi connectivity index (χ0v) is 15.4. The summed E-state index contributed by atoms with van der Waals surface area (Å²) >= 11 is 2.25. The van der Waals surface area contributed by atoms with E-state index in [9.17, 15) is 4.79 Å². The van der Waals surface area contributed by atoms with Crippen LogP contribution in [-0.4, -0.2) is 30.6 Å². The molecule has 1 atom stereocenters. The standard InChI is InChI=1S/C19H18INO3/c20-15-6-3-13(4-7-15)19(22)21-9-1-2-16(21)14-5-8-17-18(12-14)24-11-10-23-17/h3-8,12,16H,1-2,9-11H2/t16-/m1/s1. The van der Waals surface area contributed by atoms with Gasteiger partial charge in [0.2, 0.25) is 0 Å². The van der Waals surface area contributed by atoms with E-state index in [2.05, 4.69) is 28.7 Å². The van der Waals surface area contributed by atoms with Crippen LogP contribution in [0.3, 0.4) is 0 Å². The molecular weight excluding hydrogens is 417 g/mol. The van der Waals surface area contributed by atoms with Crippen molar-refractivity contribution in [1.29, 1.82) is 0 Å². The molecule has 0 unspecified atom stereocenters. The van der Waals surface area contributed by atoms with Crippen LogP contribution >= 0.6 is 22.6 Å². The van der Waals surface area contributed by atoms with Gasteiger partial charge in [-0.05, 0) is 77.4 Å². The normalized spacial score (nSPS) is 19.4. The first-order valence-corrected chi connectivity index (χ1v) is 9.26. The Balaban J connectivity index is 1.60. The summed E-state index contributed by atoms with van der Waals surface area (Å²) in [5, 5.41) is 0. The molecule has 2 aromatic rings. The highest BCUT2D eigenvalue weighted by Crippen LogP contribution is 2.38. The zero-order valence-electron chi connectivity index (χ0n) is 13.2. The largest absolute Gasteiger partial charge is 0.486 e. The maximum atomic E-state index is 12.9. The monoisotopic (exact) mass is 435 g/mol. The van der Waals surface area contributed by atoms with Gasteiger partial charge < -0.3 is 14.4 Å². The van der Waals surface area contributed by atoms with Crippen LogP contribution in [0.1, 0.15) is 34.8 Å². The van der Waals surface area contributed by atoms with Crippen molar-refractivity contribution >= 4 is 28.5 Å². The third-order valence-corrected chi connectivity index (χ3v) is 5.28. The van der Waals surface area contributed by atoms with Crippen molar-refractivity contribution < 1.29 is 14.3 Å². The van der Waals surface area contributed by atoms with Crippen LogP contribution in [0.25, 0.3) is 0 Å². The Morgan fingerprint density at radius 3 is 2.58 bits per heavy atom. The maximum absolute atomic E-state index is 12.9. The van der Waals surface area contributed by atoms with Gasteiger partial charge in [0.05, 0.1) is 6.04 Å². The van der Waals surface area contributed by atoms with Gasteiger partial charge in [-0.1, -0.05) is 6.07 Å². The van der Waals surface area contributed by atoms with Crippen molar-refractivity contribution in [2.45, 2.75) is 18.9 Å². The molecule has 0 aliphatic carbocycles. The van der Waals surface area contributed by atoms with Crippen LogP contribution in [0.15, 0.2) is 42.5 Å². The lowest BCUT2D eigenvalue weighted by atomic mass is 10.0. The van der Waals surface area contributed by atoms with Gasteiger partial charge in [0.1, 0.15) is 13.2 Å². The Kier molecular flexibility index (Phi) is 4.35. The predicted molar refractivity (Wildman–Crippen MR) is 99.6 cm³/mol. The number of fused-ring (bicyclic) bond motifs is 1. The van der Waals surface area contributed by atoms with Crippen molar-refractivity contribution in [3.63, 3.8) is 0 Å².